The van der Waals surface area contributed by atoms with E-state index in [0.717, 1.165) is 5.56 Å². The first-order valence-corrected chi connectivity index (χ1v) is 4.62. The van der Waals surface area contributed by atoms with Gasteiger partial charge in [0.05, 0.1) is 0 Å². The molecule has 14 heavy (non-hydrogen) atoms. The first-order chi connectivity index (χ1) is 6.66. The first-order valence-electron chi connectivity index (χ1n) is 4.62. The molecule has 0 bridgehead atoms. The van der Waals surface area contributed by atoms with Gasteiger partial charge >= 0.3 is 5.97 Å². The highest BCUT2D eigenvalue weighted by molar-refractivity contribution is 5.74. The molecule has 0 aliphatic carbocycles. The van der Waals surface area contributed by atoms with Crippen molar-refractivity contribution in [2.75, 3.05) is 7.05 Å². The van der Waals surface area contributed by atoms with Crippen molar-refractivity contribution < 1.29 is 9.90 Å². The number of carboxylic acids is 1. The Balaban J connectivity index is 2.83. The molecular formula is C11H15NO2. The van der Waals surface area contributed by atoms with E-state index >= 15 is 0 Å². The largest absolute Gasteiger partial charge is 0.480 e. The number of rotatable bonds is 4. The molecule has 0 aliphatic heterocycles. The summed E-state index contributed by atoms with van der Waals surface area (Å²) in [5.41, 5.74) is 1.04. The van der Waals surface area contributed by atoms with Crippen molar-refractivity contribution in [3.63, 3.8) is 0 Å². The van der Waals surface area contributed by atoms with E-state index in [2.05, 4.69) is 5.32 Å². The van der Waals surface area contributed by atoms with Crippen molar-refractivity contribution in [3.05, 3.63) is 35.9 Å². The maximum Gasteiger partial charge on any atom is 0.321 e. The molecule has 1 rings (SSSR count). The normalized spacial score (nSPS) is 14.7. The summed E-state index contributed by atoms with van der Waals surface area (Å²) < 4.78 is 0. The lowest BCUT2D eigenvalue weighted by atomic mass is 9.93. The molecule has 2 N–H and O–H groups in total. The number of aliphatic carboxylic acids is 1. The minimum absolute atomic E-state index is 0.0290. The fraction of sp³-hybridized carbons (Fsp3) is 0.364. The van der Waals surface area contributed by atoms with Crippen LogP contribution in [0.1, 0.15) is 18.4 Å². The smallest absolute Gasteiger partial charge is 0.321 e. The highest BCUT2D eigenvalue weighted by Crippen LogP contribution is 2.18. The van der Waals surface area contributed by atoms with Gasteiger partial charge in [-0.25, -0.2) is 0 Å². The average molecular weight is 193 g/mol. The van der Waals surface area contributed by atoms with Gasteiger partial charge in [0.1, 0.15) is 6.04 Å². The van der Waals surface area contributed by atoms with Crippen LogP contribution in [0.4, 0.5) is 0 Å². The summed E-state index contributed by atoms with van der Waals surface area (Å²) >= 11 is 0. The van der Waals surface area contributed by atoms with E-state index in [1.54, 1.807) is 7.05 Å². The SMILES string of the molecule is CN[C@@H](C(=O)O)[C@H](C)c1ccccc1. The van der Waals surface area contributed by atoms with E-state index in [-0.39, 0.29) is 5.92 Å². The third-order valence-corrected chi connectivity index (χ3v) is 2.40. The molecule has 0 heterocycles. The Morgan fingerprint density at radius 2 is 1.93 bits per heavy atom. The lowest BCUT2D eigenvalue weighted by Gasteiger charge is -2.19. The van der Waals surface area contributed by atoms with Crippen molar-refractivity contribution in [2.45, 2.75) is 18.9 Å². The topological polar surface area (TPSA) is 49.3 Å². The molecule has 0 amide bonds. The highest BCUT2D eigenvalue weighted by Gasteiger charge is 2.23. The quantitative estimate of drug-likeness (QED) is 0.761. The van der Waals surface area contributed by atoms with Gasteiger partial charge in [0.15, 0.2) is 0 Å². The Morgan fingerprint density at radius 1 is 1.36 bits per heavy atom. The van der Waals surface area contributed by atoms with Crippen LogP contribution in [0.3, 0.4) is 0 Å². The van der Waals surface area contributed by atoms with E-state index in [4.69, 9.17) is 5.11 Å². The van der Waals surface area contributed by atoms with E-state index in [1.165, 1.54) is 0 Å². The second kappa shape index (κ2) is 4.77. The molecule has 0 saturated heterocycles. The summed E-state index contributed by atoms with van der Waals surface area (Å²) in [5, 5.41) is 11.7. The van der Waals surface area contributed by atoms with Crippen LogP contribution in [0.25, 0.3) is 0 Å². The van der Waals surface area contributed by atoms with Crippen LogP contribution in [-0.4, -0.2) is 24.2 Å². The van der Waals surface area contributed by atoms with E-state index in [0.29, 0.717) is 0 Å². The van der Waals surface area contributed by atoms with Crippen LogP contribution in [0, 0.1) is 0 Å². The molecule has 0 unspecified atom stereocenters. The lowest BCUT2D eigenvalue weighted by Crippen LogP contribution is -2.38. The fourth-order valence-electron chi connectivity index (χ4n) is 1.54. The Bertz CT molecular complexity index is 297. The van der Waals surface area contributed by atoms with E-state index in [1.807, 2.05) is 37.3 Å². The zero-order chi connectivity index (χ0) is 10.6. The van der Waals surface area contributed by atoms with Crippen LogP contribution in [0.2, 0.25) is 0 Å². The molecule has 3 nitrogen and oxygen atoms in total. The Morgan fingerprint density at radius 3 is 2.36 bits per heavy atom. The standard InChI is InChI=1S/C11H15NO2/c1-8(10(12-2)11(13)14)9-6-4-3-5-7-9/h3-8,10,12H,1-2H3,(H,13,14)/t8-,10-/m1/s1. The molecule has 76 valence electrons. The van der Waals surface area contributed by atoms with Gasteiger partial charge in [-0.3, -0.25) is 4.79 Å². The molecule has 0 aromatic heterocycles. The molecule has 0 radical (unpaired) electrons. The number of hydrogen-bond acceptors (Lipinski definition) is 2. The second-order valence-corrected chi connectivity index (χ2v) is 3.30. The number of benzene rings is 1. The lowest BCUT2D eigenvalue weighted by molar-refractivity contribution is -0.139. The zero-order valence-corrected chi connectivity index (χ0v) is 8.40. The van der Waals surface area contributed by atoms with Crippen molar-refractivity contribution in [1.29, 1.82) is 0 Å². The predicted molar refractivity (Wildman–Crippen MR) is 55.3 cm³/mol. The van der Waals surface area contributed by atoms with Gasteiger partial charge in [0.2, 0.25) is 0 Å². The maximum atomic E-state index is 10.9. The summed E-state index contributed by atoms with van der Waals surface area (Å²) in [5.74, 6) is -0.845. The van der Waals surface area contributed by atoms with Gasteiger partial charge in [-0.1, -0.05) is 37.3 Å². The Kier molecular flexibility index (Phi) is 3.65. The molecule has 1 aromatic carbocycles. The molecular weight excluding hydrogens is 178 g/mol. The van der Waals surface area contributed by atoms with Crippen molar-refractivity contribution >= 4 is 5.97 Å². The number of likely N-dealkylation sites (N-methyl/N-ethyl adjacent to an activating group) is 1. The zero-order valence-electron chi connectivity index (χ0n) is 8.40. The molecule has 3 heteroatoms. The van der Waals surface area contributed by atoms with Crippen LogP contribution in [0.5, 0.6) is 0 Å². The second-order valence-electron chi connectivity index (χ2n) is 3.30. The Labute approximate surface area is 83.8 Å². The summed E-state index contributed by atoms with van der Waals surface area (Å²) in [6, 6.07) is 9.11. The minimum atomic E-state index is -0.816. The van der Waals surface area contributed by atoms with Crippen molar-refractivity contribution in [1.82, 2.24) is 5.32 Å². The van der Waals surface area contributed by atoms with Crippen LogP contribution in [-0.2, 0) is 4.79 Å². The van der Waals surface area contributed by atoms with Crippen LogP contribution >= 0.6 is 0 Å². The van der Waals surface area contributed by atoms with Crippen LogP contribution < -0.4 is 5.32 Å². The van der Waals surface area contributed by atoms with Gasteiger partial charge in [-0.15, -0.1) is 0 Å². The summed E-state index contributed by atoms with van der Waals surface area (Å²) in [6.07, 6.45) is 0. The highest BCUT2D eigenvalue weighted by atomic mass is 16.4. The number of carboxylic acid groups (broad SMARTS) is 1. The Hall–Kier alpha value is -1.35. The molecule has 0 spiro atoms. The molecule has 0 aliphatic rings. The minimum Gasteiger partial charge on any atom is -0.480 e. The third-order valence-electron chi connectivity index (χ3n) is 2.40. The fourth-order valence-corrected chi connectivity index (χ4v) is 1.54. The summed E-state index contributed by atoms with van der Waals surface area (Å²) in [7, 11) is 1.66. The monoisotopic (exact) mass is 193 g/mol. The van der Waals surface area contributed by atoms with Crippen LogP contribution in [0.15, 0.2) is 30.3 Å². The molecule has 1 aromatic rings. The van der Waals surface area contributed by atoms with Gasteiger partial charge in [-0.2, -0.15) is 0 Å². The summed E-state index contributed by atoms with van der Waals surface area (Å²) in [6.45, 7) is 1.91. The predicted octanol–water partition coefficient (Wildman–Crippen LogP) is 1.46. The average Bonchev–Trinajstić information content (AvgIpc) is 2.19. The van der Waals surface area contributed by atoms with Crippen molar-refractivity contribution in [3.8, 4) is 0 Å². The van der Waals surface area contributed by atoms with Crippen molar-refractivity contribution in [2.24, 2.45) is 0 Å². The van der Waals surface area contributed by atoms with Gasteiger partial charge in [0, 0.05) is 5.92 Å². The number of carbonyl (C=O) groups is 1. The first kappa shape index (κ1) is 10.7. The maximum absolute atomic E-state index is 10.9. The summed E-state index contributed by atoms with van der Waals surface area (Å²) in [4.78, 5) is 10.9. The van der Waals surface area contributed by atoms with Gasteiger partial charge in [0.25, 0.3) is 0 Å². The number of nitrogens with one attached hydrogen (secondary N) is 1. The number of hydrogen-bond donors (Lipinski definition) is 2. The molecule has 0 fully saturated rings. The van der Waals surface area contributed by atoms with E-state index < -0.39 is 12.0 Å². The molecule has 2 atom stereocenters. The van der Waals surface area contributed by atoms with E-state index in [9.17, 15) is 4.79 Å². The van der Waals surface area contributed by atoms with Gasteiger partial charge in [-0.05, 0) is 12.6 Å². The molecule has 0 saturated carbocycles. The van der Waals surface area contributed by atoms with Gasteiger partial charge < -0.3 is 10.4 Å². The third kappa shape index (κ3) is 2.33.